The first-order valence-corrected chi connectivity index (χ1v) is 15.2. The van der Waals surface area contributed by atoms with Crippen LogP contribution in [0.3, 0.4) is 0 Å². The van der Waals surface area contributed by atoms with Crippen molar-refractivity contribution in [1.82, 2.24) is 5.32 Å². The predicted molar refractivity (Wildman–Crippen MR) is 162 cm³/mol. The van der Waals surface area contributed by atoms with E-state index in [1.165, 1.54) is 38.4 Å². The second-order valence-electron chi connectivity index (χ2n) is 8.94. The van der Waals surface area contributed by atoms with Crippen LogP contribution in [0.1, 0.15) is 11.1 Å². The minimum Gasteiger partial charge on any atom is -0.493 e. The van der Waals surface area contributed by atoms with Crippen molar-refractivity contribution in [3.8, 4) is 17.2 Å². The van der Waals surface area contributed by atoms with E-state index >= 15 is 0 Å². The Hall–Kier alpha value is -4.33. The highest BCUT2D eigenvalue weighted by Gasteiger charge is 2.32. The lowest BCUT2D eigenvalue weighted by Gasteiger charge is -2.17. The Morgan fingerprint density at radius 2 is 1.64 bits per heavy atom. The zero-order chi connectivity index (χ0) is 30.3. The molecule has 11 nitrogen and oxygen atoms in total. The number of amides is 2. The number of methoxy groups -OCH3 is 3. The highest BCUT2D eigenvalue weighted by Crippen LogP contribution is 2.39. The van der Waals surface area contributed by atoms with Crippen LogP contribution in [-0.2, 0) is 26.0 Å². The number of amidine groups is 1. The lowest BCUT2D eigenvalue weighted by atomic mass is 10.1. The van der Waals surface area contributed by atoms with E-state index in [0.29, 0.717) is 46.6 Å². The third-order valence-corrected chi connectivity index (χ3v) is 8.02. The van der Waals surface area contributed by atoms with E-state index in [4.69, 9.17) is 19.3 Å². The zero-order valence-electron chi connectivity index (χ0n) is 23.2. The highest BCUT2D eigenvalue weighted by atomic mass is 32.2. The van der Waals surface area contributed by atoms with Gasteiger partial charge in [0.15, 0.2) is 16.7 Å². The number of anilines is 1. The van der Waals surface area contributed by atoms with Gasteiger partial charge in [0.25, 0.3) is 5.91 Å². The quantitative estimate of drug-likeness (QED) is 0.315. The Morgan fingerprint density at radius 3 is 2.21 bits per heavy atom. The summed E-state index contributed by atoms with van der Waals surface area (Å²) in [6.45, 7) is 0.341. The van der Waals surface area contributed by atoms with Crippen LogP contribution < -0.4 is 29.6 Å². The first-order valence-electron chi connectivity index (χ1n) is 12.7. The van der Waals surface area contributed by atoms with E-state index in [-0.39, 0.29) is 28.2 Å². The second kappa shape index (κ2) is 13.6. The van der Waals surface area contributed by atoms with E-state index in [0.717, 1.165) is 17.3 Å². The monoisotopic (exact) mass is 610 g/mol. The molecule has 1 aliphatic rings. The molecule has 0 spiro atoms. The van der Waals surface area contributed by atoms with E-state index in [2.05, 4.69) is 10.3 Å². The Balaban J connectivity index is 1.48. The fourth-order valence-corrected chi connectivity index (χ4v) is 5.47. The third-order valence-electron chi connectivity index (χ3n) is 6.15. The molecule has 13 heteroatoms. The summed E-state index contributed by atoms with van der Waals surface area (Å²) in [4.78, 5) is 32.2. The number of hydrogen-bond acceptors (Lipinski definition) is 9. The molecule has 4 rings (SSSR count). The molecule has 0 saturated heterocycles. The SMILES string of the molecule is COc1cc(C=C2N=C(SCC(=O)NCCc3ccc(S(N)(=O)=O)cc3)N(c3ccccc3)C2=O)cc(OC)c1OC. The maximum Gasteiger partial charge on any atom is 0.283 e. The minimum atomic E-state index is -3.76. The smallest absolute Gasteiger partial charge is 0.283 e. The number of carbonyl (C=O) groups is 2. The molecule has 1 heterocycles. The highest BCUT2D eigenvalue weighted by molar-refractivity contribution is 8.14. The molecular weight excluding hydrogens is 580 g/mol. The summed E-state index contributed by atoms with van der Waals surface area (Å²) >= 11 is 1.14. The summed E-state index contributed by atoms with van der Waals surface area (Å²) in [5.74, 6) is 0.732. The molecule has 1 aliphatic heterocycles. The van der Waals surface area contributed by atoms with Crippen molar-refractivity contribution in [3.05, 3.63) is 83.6 Å². The van der Waals surface area contributed by atoms with Gasteiger partial charge in [-0.15, -0.1) is 0 Å². The molecule has 0 bridgehead atoms. The van der Waals surface area contributed by atoms with Crippen LogP contribution in [0, 0.1) is 0 Å². The fraction of sp³-hybridized carbons (Fsp3) is 0.207. The van der Waals surface area contributed by atoms with Crippen molar-refractivity contribution in [2.45, 2.75) is 11.3 Å². The minimum absolute atomic E-state index is 0.0251. The number of hydrogen-bond donors (Lipinski definition) is 2. The van der Waals surface area contributed by atoms with Gasteiger partial charge in [-0.25, -0.2) is 18.5 Å². The molecule has 0 saturated carbocycles. The number of benzene rings is 3. The molecule has 3 N–H and O–H groups in total. The van der Waals surface area contributed by atoms with Crippen molar-refractivity contribution in [2.75, 3.05) is 38.5 Å². The number of ether oxygens (including phenoxy) is 3. The van der Waals surface area contributed by atoms with Crippen LogP contribution >= 0.6 is 11.8 Å². The van der Waals surface area contributed by atoms with Gasteiger partial charge < -0.3 is 19.5 Å². The number of nitrogens with one attached hydrogen (secondary N) is 1. The summed E-state index contributed by atoms with van der Waals surface area (Å²) in [5, 5.41) is 8.33. The topological polar surface area (TPSA) is 150 Å². The van der Waals surface area contributed by atoms with Crippen LogP contribution in [0.15, 0.2) is 82.3 Å². The molecule has 0 atom stereocenters. The van der Waals surface area contributed by atoms with Crippen LogP contribution in [0.4, 0.5) is 5.69 Å². The third kappa shape index (κ3) is 7.29. The molecule has 2 amide bonds. The van der Waals surface area contributed by atoms with Crippen LogP contribution in [0.5, 0.6) is 17.2 Å². The van der Waals surface area contributed by atoms with Gasteiger partial charge in [-0.3, -0.25) is 14.5 Å². The van der Waals surface area contributed by atoms with E-state index in [1.54, 1.807) is 42.5 Å². The van der Waals surface area contributed by atoms with Gasteiger partial charge in [-0.2, -0.15) is 0 Å². The Bertz CT molecular complexity index is 1600. The number of thioether (sulfide) groups is 1. The van der Waals surface area contributed by atoms with Gasteiger partial charge in [-0.1, -0.05) is 42.1 Å². The molecule has 42 heavy (non-hydrogen) atoms. The molecule has 3 aromatic carbocycles. The summed E-state index contributed by atoms with van der Waals surface area (Å²) in [6, 6.07) is 18.6. The van der Waals surface area contributed by atoms with Crippen molar-refractivity contribution in [1.29, 1.82) is 0 Å². The predicted octanol–water partition coefficient (Wildman–Crippen LogP) is 3.20. The zero-order valence-corrected chi connectivity index (χ0v) is 24.8. The summed E-state index contributed by atoms with van der Waals surface area (Å²) < 4.78 is 39.1. The number of para-hydroxylation sites is 1. The van der Waals surface area contributed by atoms with Crippen LogP contribution in [0.2, 0.25) is 0 Å². The molecule has 3 aromatic rings. The van der Waals surface area contributed by atoms with Gasteiger partial charge >= 0.3 is 0 Å². The summed E-state index contributed by atoms with van der Waals surface area (Å²) in [7, 11) is 0.764. The Morgan fingerprint density at radius 1 is 1.00 bits per heavy atom. The van der Waals surface area contributed by atoms with Crippen LogP contribution in [0.25, 0.3) is 6.08 Å². The Labute approximate surface area is 248 Å². The largest absolute Gasteiger partial charge is 0.493 e. The number of carbonyl (C=O) groups excluding carboxylic acids is 2. The number of aliphatic imine (C=N–C) groups is 1. The van der Waals surface area contributed by atoms with Gasteiger partial charge in [0.1, 0.15) is 5.70 Å². The lowest BCUT2D eigenvalue weighted by Crippen LogP contribution is -2.32. The van der Waals surface area contributed by atoms with Crippen molar-refractivity contribution < 1.29 is 32.2 Å². The first kappa shape index (κ1) is 30.6. The average Bonchev–Trinajstić information content (AvgIpc) is 3.29. The van der Waals surface area contributed by atoms with E-state index < -0.39 is 10.0 Å². The number of nitrogens with zero attached hydrogens (tertiary/aromatic N) is 2. The molecular formula is C29H30N4O7S2. The molecule has 0 radical (unpaired) electrons. The maximum atomic E-state index is 13.5. The van der Waals surface area contributed by atoms with Gasteiger partial charge in [-0.05, 0) is 60.0 Å². The van der Waals surface area contributed by atoms with E-state index in [9.17, 15) is 18.0 Å². The maximum absolute atomic E-state index is 13.5. The van der Waals surface area contributed by atoms with Gasteiger partial charge in [0, 0.05) is 6.54 Å². The normalized spacial score (nSPS) is 14.1. The number of rotatable bonds is 11. The average molecular weight is 611 g/mol. The van der Waals surface area contributed by atoms with Crippen molar-refractivity contribution >= 4 is 50.5 Å². The lowest BCUT2D eigenvalue weighted by molar-refractivity contribution is -0.118. The standard InChI is InChI=1S/C29H30N4O7S2/c1-38-24-16-20(17-25(39-2)27(24)40-3)15-23-28(35)33(21-7-5-4-6-8-21)29(32-23)41-18-26(34)31-14-13-19-9-11-22(12-10-19)42(30,36)37/h4-12,15-17H,13-14,18H2,1-3H3,(H,31,34)(H2,30,36,37). The molecule has 0 aromatic heterocycles. The second-order valence-corrected chi connectivity index (χ2v) is 11.4. The number of nitrogens with two attached hydrogens (primary N) is 1. The fourth-order valence-electron chi connectivity index (χ4n) is 4.11. The number of sulfonamides is 1. The van der Waals surface area contributed by atoms with Gasteiger partial charge in [0.2, 0.25) is 21.7 Å². The van der Waals surface area contributed by atoms with Crippen molar-refractivity contribution in [2.24, 2.45) is 10.1 Å². The van der Waals surface area contributed by atoms with Gasteiger partial charge in [0.05, 0.1) is 37.7 Å². The molecule has 0 fully saturated rings. The summed E-state index contributed by atoms with van der Waals surface area (Å²) in [6.07, 6.45) is 2.12. The van der Waals surface area contributed by atoms with E-state index in [1.807, 2.05) is 18.2 Å². The molecule has 220 valence electrons. The Kier molecular flexibility index (Phi) is 9.88. The van der Waals surface area contributed by atoms with Crippen LogP contribution in [-0.4, -0.2) is 59.0 Å². The number of primary sulfonamides is 1. The summed E-state index contributed by atoms with van der Waals surface area (Å²) in [5.41, 5.74) is 2.26. The first-order chi connectivity index (χ1) is 20.1. The van der Waals surface area contributed by atoms with Crippen molar-refractivity contribution in [3.63, 3.8) is 0 Å². The molecule has 0 unspecified atom stereocenters. The molecule has 0 aliphatic carbocycles.